The lowest BCUT2D eigenvalue weighted by Gasteiger charge is -2.42. The number of alkyl halides is 2. The Balaban J connectivity index is 2.11. The molecule has 1 aliphatic heterocycles. The van der Waals surface area contributed by atoms with Crippen LogP contribution in [0, 0.1) is 17.2 Å². The van der Waals surface area contributed by atoms with Gasteiger partial charge in [0.25, 0.3) is 6.43 Å². The molecule has 1 heterocycles. The molecule has 1 unspecified atom stereocenters. The number of nitrogens with zero attached hydrogens (tertiary/aromatic N) is 2. The summed E-state index contributed by atoms with van der Waals surface area (Å²) in [5, 5.41) is 10.2. The maximum Gasteiger partial charge on any atom is 0.415 e. The van der Waals surface area contributed by atoms with E-state index < -0.39 is 54.3 Å². The van der Waals surface area contributed by atoms with Gasteiger partial charge in [-0.3, -0.25) is 4.99 Å². The fourth-order valence-corrected chi connectivity index (χ4v) is 7.16. The van der Waals surface area contributed by atoms with Gasteiger partial charge in [-0.25, -0.2) is 22.9 Å². The molecular formula is C24H34BrF3N2O3SSi. The van der Waals surface area contributed by atoms with Crippen LogP contribution >= 0.6 is 27.7 Å². The highest BCUT2D eigenvalue weighted by atomic mass is 79.9. The van der Waals surface area contributed by atoms with Crippen LogP contribution in [0.25, 0.3) is 0 Å². The van der Waals surface area contributed by atoms with Crippen molar-refractivity contribution in [2.45, 2.75) is 82.7 Å². The topological polar surface area (TPSA) is 62.1 Å². The number of aliphatic imine (C=N–C) groups is 1. The monoisotopic (exact) mass is 594 g/mol. The van der Waals surface area contributed by atoms with Crippen LogP contribution in [0.4, 0.5) is 18.0 Å². The highest BCUT2D eigenvalue weighted by Crippen LogP contribution is 2.69. The zero-order chi connectivity index (χ0) is 26.6. The Morgan fingerprint density at radius 3 is 2.51 bits per heavy atom. The fourth-order valence-electron chi connectivity index (χ4n) is 4.51. The normalized spacial score (nSPS) is 27.3. The first-order valence-corrected chi connectivity index (χ1v) is 16.9. The third kappa shape index (κ3) is 5.77. The summed E-state index contributed by atoms with van der Waals surface area (Å²) in [5.74, 6) is -1.20. The summed E-state index contributed by atoms with van der Waals surface area (Å²) in [4.78, 5) is 18.3. The molecule has 1 aromatic rings. The molecule has 1 aliphatic carbocycles. The van der Waals surface area contributed by atoms with Crippen molar-refractivity contribution in [2.75, 3.05) is 6.61 Å². The number of rotatable bonds is 7. The first-order valence-electron chi connectivity index (χ1n) is 11.6. The van der Waals surface area contributed by atoms with Crippen LogP contribution in [0.3, 0.4) is 0 Å². The van der Waals surface area contributed by atoms with Crippen LogP contribution in [0.5, 0.6) is 0 Å². The first-order chi connectivity index (χ1) is 15.9. The molecule has 1 aromatic carbocycles. The van der Waals surface area contributed by atoms with Crippen molar-refractivity contribution in [1.29, 1.82) is 0 Å². The van der Waals surface area contributed by atoms with Gasteiger partial charge < -0.3 is 9.84 Å². The second-order valence-electron chi connectivity index (χ2n) is 11.8. The summed E-state index contributed by atoms with van der Waals surface area (Å²) >= 11 is 4.12. The van der Waals surface area contributed by atoms with Crippen LogP contribution in [0.2, 0.25) is 25.7 Å². The van der Waals surface area contributed by atoms with Gasteiger partial charge in [-0.05, 0) is 37.6 Å². The Bertz CT molecular complexity index is 1020. The van der Waals surface area contributed by atoms with E-state index >= 15 is 0 Å². The van der Waals surface area contributed by atoms with E-state index in [-0.39, 0.29) is 17.2 Å². The van der Waals surface area contributed by atoms with Gasteiger partial charge in [-0.1, -0.05) is 68.1 Å². The van der Waals surface area contributed by atoms with Crippen molar-refractivity contribution in [2.24, 2.45) is 16.3 Å². The lowest BCUT2D eigenvalue weighted by Crippen LogP contribution is -2.53. The molecule has 0 saturated heterocycles. The number of thioether (sulfide) groups is 1. The summed E-state index contributed by atoms with van der Waals surface area (Å²) in [6.07, 6.45) is -4.92. The Hall–Kier alpha value is -1.04. The largest absolute Gasteiger partial charge is 0.465 e. The van der Waals surface area contributed by atoms with Crippen molar-refractivity contribution in [3.05, 3.63) is 34.1 Å². The van der Waals surface area contributed by atoms with Crippen molar-refractivity contribution in [1.82, 2.24) is 4.90 Å². The Labute approximate surface area is 219 Å². The number of hydrogen-bond acceptors (Lipinski definition) is 4. The van der Waals surface area contributed by atoms with Gasteiger partial charge in [0, 0.05) is 36.0 Å². The molecular weight excluding hydrogens is 561 g/mol. The van der Waals surface area contributed by atoms with Crippen LogP contribution in [0.15, 0.2) is 27.7 Å². The molecule has 5 nitrogen and oxygen atoms in total. The molecule has 196 valence electrons. The van der Waals surface area contributed by atoms with E-state index in [1.54, 1.807) is 6.92 Å². The molecule has 0 radical (unpaired) electrons. The maximum atomic E-state index is 15.0. The molecule has 2 aliphatic rings. The number of halogens is 4. The summed E-state index contributed by atoms with van der Waals surface area (Å²) < 4.78 is 49.0. The average Bonchev–Trinajstić information content (AvgIpc) is 3.44. The van der Waals surface area contributed by atoms with Crippen LogP contribution in [-0.4, -0.2) is 53.3 Å². The van der Waals surface area contributed by atoms with Crippen LogP contribution < -0.4 is 0 Å². The molecule has 1 amide bonds. The molecule has 1 N–H and O–H groups in total. The minimum atomic E-state index is -2.73. The van der Waals surface area contributed by atoms with E-state index in [2.05, 4.69) is 35.6 Å². The van der Waals surface area contributed by atoms with Gasteiger partial charge in [-0.2, -0.15) is 0 Å². The standard InChI is InChI=1S/C24H34BrF3N2O3SSi/c1-22(2,3)19(33-10-11-35(5,6)7)30(21(31)32)20-29-23(4,15-12-14(25)8-9-16(15)26)17-13-24(17,34-20)18(27)28/h8-9,12,17-19H,10-11,13H2,1-7H3,(H,31,32)/t17-,19?,23+,24-/m0/s1. The van der Waals surface area contributed by atoms with Crippen molar-refractivity contribution < 1.29 is 27.8 Å². The summed E-state index contributed by atoms with van der Waals surface area (Å²) in [6.45, 7) is 14.1. The number of benzene rings is 1. The van der Waals surface area contributed by atoms with Gasteiger partial charge >= 0.3 is 6.09 Å². The molecule has 11 heteroatoms. The van der Waals surface area contributed by atoms with Crippen LogP contribution in [0.1, 0.15) is 39.7 Å². The molecule has 4 atom stereocenters. The number of hydrogen-bond donors (Lipinski definition) is 1. The number of carboxylic acid groups (broad SMARTS) is 1. The number of ether oxygens (including phenoxy) is 1. The lowest BCUT2D eigenvalue weighted by atomic mass is 9.85. The second kappa shape index (κ2) is 9.68. The predicted octanol–water partition coefficient (Wildman–Crippen LogP) is 7.64. The lowest BCUT2D eigenvalue weighted by molar-refractivity contribution is -0.0761. The predicted molar refractivity (Wildman–Crippen MR) is 141 cm³/mol. The molecule has 1 fully saturated rings. The van der Waals surface area contributed by atoms with Gasteiger partial charge in [-0.15, -0.1) is 0 Å². The van der Waals surface area contributed by atoms with Crippen molar-refractivity contribution >= 4 is 47.0 Å². The Morgan fingerprint density at radius 2 is 2.00 bits per heavy atom. The zero-order valence-corrected chi connectivity index (χ0v) is 24.6. The summed E-state index contributed by atoms with van der Waals surface area (Å²) in [5.41, 5.74) is -1.87. The second-order valence-corrected chi connectivity index (χ2v) is 19.7. The quantitative estimate of drug-likeness (QED) is 0.260. The molecule has 0 spiro atoms. The summed E-state index contributed by atoms with van der Waals surface area (Å²) in [7, 11) is -1.47. The van der Waals surface area contributed by atoms with E-state index in [4.69, 9.17) is 9.73 Å². The highest BCUT2D eigenvalue weighted by molar-refractivity contribution is 9.10. The number of amidine groups is 1. The minimum Gasteiger partial charge on any atom is -0.465 e. The Morgan fingerprint density at radius 1 is 1.37 bits per heavy atom. The first kappa shape index (κ1) is 28.5. The van der Waals surface area contributed by atoms with Gasteiger partial charge in [0.15, 0.2) is 5.17 Å². The van der Waals surface area contributed by atoms with E-state index in [1.165, 1.54) is 18.2 Å². The molecule has 0 aromatic heterocycles. The summed E-state index contributed by atoms with van der Waals surface area (Å²) in [6, 6.07) is 5.15. The minimum absolute atomic E-state index is 0.0821. The smallest absolute Gasteiger partial charge is 0.415 e. The maximum absolute atomic E-state index is 15.0. The number of amides is 1. The molecule has 3 rings (SSSR count). The van der Waals surface area contributed by atoms with Crippen molar-refractivity contribution in [3.63, 3.8) is 0 Å². The Kier molecular flexibility index (Phi) is 7.89. The van der Waals surface area contributed by atoms with E-state index in [0.29, 0.717) is 11.1 Å². The van der Waals surface area contributed by atoms with Gasteiger partial charge in [0.05, 0.1) is 10.3 Å². The third-order valence-electron chi connectivity index (χ3n) is 6.60. The van der Waals surface area contributed by atoms with Gasteiger partial charge in [0.2, 0.25) is 0 Å². The van der Waals surface area contributed by atoms with Crippen molar-refractivity contribution in [3.8, 4) is 0 Å². The number of carbonyl (C=O) groups is 1. The average molecular weight is 596 g/mol. The highest BCUT2D eigenvalue weighted by Gasteiger charge is 2.72. The molecule has 1 saturated carbocycles. The van der Waals surface area contributed by atoms with E-state index in [1.807, 2.05) is 20.8 Å². The number of fused-ring (bicyclic) bond motifs is 1. The third-order valence-corrected chi connectivity index (χ3v) is 10.3. The van der Waals surface area contributed by atoms with E-state index in [0.717, 1.165) is 22.7 Å². The molecule has 0 bridgehead atoms. The molecule has 35 heavy (non-hydrogen) atoms. The zero-order valence-electron chi connectivity index (χ0n) is 21.2. The SMILES string of the molecule is CC(C)(C)C(OCC[Si](C)(C)C)N(C(=O)O)C1=N[C@](C)(c2cc(Br)ccc2F)[C@@H]2C[C@]2(C(F)F)S1. The van der Waals surface area contributed by atoms with Gasteiger partial charge in [0.1, 0.15) is 12.0 Å². The fraction of sp³-hybridized carbons (Fsp3) is 0.667. The van der Waals surface area contributed by atoms with Crippen LogP contribution in [-0.2, 0) is 10.3 Å². The van der Waals surface area contributed by atoms with E-state index in [9.17, 15) is 23.1 Å².